The second-order valence-electron chi connectivity index (χ2n) is 3.87. The van der Waals surface area contributed by atoms with Crippen molar-refractivity contribution in [3.8, 4) is 0 Å². The van der Waals surface area contributed by atoms with E-state index in [0.717, 1.165) is 5.56 Å². The summed E-state index contributed by atoms with van der Waals surface area (Å²) in [6.45, 7) is 4.08. The van der Waals surface area contributed by atoms with Crippen LogP contribution in [0.15, 0.2) is 18.2 Å². The molecule has 0 saturated heterocycles. The maximum Gasteiger partial charge on any atom is 0.323 e. The number of aliphatic carboxylic acids is 1. The van der Waals surface area contributed by atoms with Crippen LogP contribution in [0.3, 0.4) is 0 Å². The monoisotopic (exact) mass is 223 g/mol. The highest BCUT2D eigenvalue weighted by molar-refractivity contribution is 5.73. The Hall–Kier alpha value is -1.39. The standard InChI is InChI=1S/C12H17NO3/c1-8-3-4-10(5-9(8)2)6-13-11(7-14)12(15)16/h3-5,11,13-14H,6-7H2,1-2H3,(H,15,16)/t11-/m1/s1. The van der Waals surface area contributed by atoms with Crippen molar-refractivity contribution >= 4 is 5.97 Å². The van der Waals surface area contributed by atoms with Gasteiger partial charge in [-0.3, -0.25) is 10.1 Å². The lowest BCUT2D eigenvalue weighted by Gasteiger charge is -2.12. The molecule has 0 fully saturated rings. The minimum absolute atomic E-state index is 0.403. The Bertz CT molecular complexity index is 377. The highest BCUT2D eigenvalue weighted by Crippen LogP contribution is 2.09. The Balaban J connectivity index is 2.60. The minimum Gasteiger partial charge on any atom is -0.480 e. The molecule has 0 aliphatic rings. The van der Waals surface area contributed by atoms with Crippen molar-refractivity contribution in [2.24, 2.45) is 0 Å². The first kappa shape index (κ1) is 12.7. The average molecular weight is 223 g/mol. The largest absolute Gasteiger partial charge is 0.480 e. The van der Waals surface area contributed by atoms with Gasteiger partial charge in [0, 0.05) is 6.54 Å². The first-order chi connectivity index (χ1) is 7.54. The smallest absolute Gasteiger partial charge is 0.323 e. The Morgan fingerprint density at radius 2 is 2.06 bits per heavy atom. The van der Waals surface area contributed by atoms with Crippen LogP contribution in [0.4, 0.5) is 0 Å². The second kappa shape index (κ2) is 5.63. The molecule has 0 bridgehead atoms. The molecule has 0 unspecified atom stereocenters. The zero-order valence-corrected chi connectivity index (χ0v) is 9.53. The fraction of sp³-hybridized carbons (Fsp3) is 0.417. The number of aliphatic hydroxyl groups excluding tert-OH is 1. The molecule has 1 aromatic carbocycles. The molecular formula is C12H17NO3. The second-order valence-corrected chi connectivity index (χ2v) is 3.87. The van der Waals surface area contributed by atoms with Gasteiger partial charge >= 0.3 is 5.97 Å². The van der Waals surface area contributed by atoms with Gasteiger partial charge in [-0.1, -0.05) is 18.2 Å². The van der Waals surface area contributed by atoms with Crippen molar-refractivity contribution in [2.45, 2.75) is 26.4 Å². The van der Waals surface area contributed by atoms with E-state index < -0.39 is 18.6 Å². The highest BCUT2D eigenvalue weighted by Gasteiger charge is 2.14. The number of hydrogen-bond acceptors (Lipinski definition) is 3. The third-order valence-electron chi connectivity index (χ3n) is 2.60. The summed E-state index contributed by atoms with van der Waals surface area (Å²) in [7, 11) is 0. The predicted octanol–water partition coefficient (Wildman–Crippen LogP) is 0.839. The quantitative estimate of drug-likeness (QED) is 0.692. The van der Waals surface area contributed by atoms with Gasteiger partial charge in [0.05, 0.1) is 6.61 Å². The highest BCUT2D eigenvalue weighted by atomic mass is 16.4. The SMILES string of the molecule is Cc1ccc(CN[C@H](CO)C(=O)O)cc1C. The molecule has 0 heterocycles. The first-order valence-electron chi connectivity index (χ1n) is 5.17. The molecule has 16 heavy (non-hydrogen) atoms. The average Bonchev–Trinajstić information content (AvgIpc) is 2.23. The van der Waals surface area contributed by atoms with Crippen molar-refractivity contribution in [1.29, 1.82) is 0 Å². The molecule has 0 amide bonds. The van der Waals surface area contributed by atoms with Crippen LogP contribution in [0.5, 0.6) is 0 Å². The number of hydrogen-bond donors (Lipinski definition) is 3. The number of aryl methyl sites for hydroxylation is 2. The van der Waals surface area contributed by atoms with Crippen LogP contribution in [0.1, 0.15) is 16.7 Å². The Morgan fingerprint density at radius 3 is 2.56 bits per heavy atom. The zero-order valence-electron chi connectivity index (χ0n) is 9.53. The summed E-state index contributed by atoms with van der Waals surface area (Å²) in [6, 6.07) is 5.06. The third kappa shape index (κ3) is 3.32. The molecule has 1 rings (SSSR count). The summed E-state index contributed by atoms with van der Waals surface area (Å²) in [5.74, 6) is -1.04. The van der Waals surface area contributed by atoms with Crippen molar-refractivity contribution in [2.75, 3.05) is 6.61 Å². The van der Waals surface area contributed by atoms with Crippen LogP contribution < -0.4 is 5.32 Å². The van der Waals surface area contributed by atoms with E-state index in [1.54, 1.807) is 0 Å². The van der Waals surface area contributed by atoms with E-state index in [1.165, 1.54) is 11.1 Å². The van der Waals surface area contributed by atoms with Crippen molar-refractivity contribution in [1.82, 2.24) is 5.32 Å². The number of nitrogens with one attached hydrogen (secondary N) is 1. The normalized spacial score (nSPS) is 12.4. The molecule has 0 radical (unpaired) electrons. The summed E-state index contributed by atoms with van der Waals surface area (Å²) in [5, 5.41) is 20.3. The Kier molecular flexibility index (Phi) is 4.46. The number of benzene rings is 1. The number of rotatable bonds is 5. The lowest BCUT2D eigenvalue weighted by Crippen LogP contribution is -2.39. The van der Waals surface area contributed by atoms with E-state index in [1.807, 2.05) is 32.0 Å². The molecule has 1 atom stereocenters. The maximum atomic E-state index is 10.7. The maximum absolute atomic E-state index is 10.7. The molecule has 4 nitrogen and oxygen atoms in total. The van der Waals surface area contributed by atoms with Crippen molar-refractivity contribution < 1.29 is 15.0 Å². The van der Waals surface area contributed by atoms with Gasteiger partial charge in [-0.15, -0.1) is 0 Å². The minimum atomic E-state index is -1.04. The molecule has 3 N–H and O–H groups in total. The van der Waals surface area contributed by atoms with Crippen LogP contribution in [0, 0.1) is 13.8 Å². The van der Waals surface area contributed by atoms with E-state index in [-0.39, 0.29) is 0 Å². The molecule has 1 aromatic rings. The molecule has 0 aliphatic carbocycles. The molecule has 0 saturated carbocycles. The summed E-state index contributed by atoms with van der Waals surface area (Å²) in [6.07, 6.45) is 0. The molecular weight excluding hydrogens is 206 g/mol. The lowest BCUT2D eigenvalue weighted by molar-refractivity contribution is -0.140. The fourth-order valence-corrected chi connectivity index (χ4v) is 1.38. The van der Waals surface area contributed by atoms with Gasteiger partial charge in [-0.05, 0) is 30.5 Å². The summed E-state index contributed by atoms with van der Waals surface area (Å²) < 4.78 is 0. The van der Waals surface area contributed by atoms with Gasteiger partial charge in [-0.2, -0.15) is 0 Å². The van der Waals surface area contributed by atoms with E-state index in [4.69, 9.17) is 10.2 Å². The van der Waals surface area contributed by atoms with Gasteiger partial charge in [-0.25, -0.2) is 0 Å². The van der Waals surface area contributed by atoms with Crippen molar-refractivity contribution in [3.05, 3.63) is 34.9 Å². The van der Waals surface area contributed by atoms with Crippen molar-refractivity contribution in [3.63, 3.8) is 0 Å². The van der Waals surface area contributed by atoms with Gasteiger partial charge in [0.25, 0.3) is 0 Å². The fourth-order valence-electron chi connectivity index (χ4n) is 1.38. The zero-order chi connectivity index (χ0) is 12.1. The van der Waals surface area contributed by atoms with E-state index in [9.17, 15) is 4.79 Å². The molecule has 0 aliphatic heterocycles. The van der Waals surface area contributed by atoms with Gasteiger partial charge in [0.15, 0.2) is 0 Å². The molecule has 0 spiro atoms. The number of aliphatic hydroxyl groups is 1. The number of carbonyl (C=O) groups is 1. The molecule has 0 aromatic heterocycles. The van der Waals surface area contributed by atoms with Gasteiger partial charge in [0.2, 0.25) is 0 Å². The summed E-state index contributed by atoms with van der Waals surface area (Å²) in [5.41, 5.74) is 3.40. The van der Waals surface area contributed by atoms with Gasteiger partial charge < -0.3 is 10.2 Å². The van der Waals surface area contributed by atoms with Gasteiger partial charge in [0.1, 0.15) is 6.04 Å². The van der Waals surface area contributed by atoms with Crippen LogP contribution in [-0.2, 0) is 11.3 Å². The predicted molar refractivity (Wildman–Crippen MR) is 61.3 cm³/mol. The first-order valence-corrected chi connectivity index (χ1v) is 5.17. The lowest BCUT2D eigenvalue weighted by atomic mass is 10.1. The molecule has 88 valence electrons. The van der Waals surface area contributed by atoms with E-state index >= 15 is 0 Å². The molecule has 4 heteroatoms. The number of carboxylic acid groups (broad SMARTS) is 1. The van der Waals surface area contributed by atoms with E-state index in [2.05, 4.69) is 5.32 Å². The Morgan fingerprint density at radius 1 is 1.38 bits per heavy atom. The van der Waals surface area contributed by atoms with E-state index in [0.29, 0.717) is 6.54 Å². The van der Waals surface area contributed by atoms with Crippen LogP contribution >= 0.6 is 0 Å². The Labute approximate surface area is 94.9 Å². The van der Waals surface area contributed by atoms with Crippen LogP contribution in [-0.4, -0.2) is 28.8 Å². The third-order valence-corrected chi connectivity index (χ3v) is 2.60. The van der Waals surface area contributed by atoms with Crippen LogP contribution in [0.2, 0.25) is 0 Å². The van der Waals surface area contributed by atoms with Crippen LogP contribution in [0.25, 0.3) is 0 Å². The number of carboxylic acids is 1. The topological polar surface area (TPSA) is 69.6 Å². The summed E-state index contributed by atoms with van der Waals surface area (Å²) >= 11 is 0. The summed E-state index contributed by atoms with van der Waals surface area (Å²) in [4.78, 5) is 10.7.